The minimum atomic E-state index is 0.252. The van der Waals surface area contributed by atoms with E-state index in [1.54, 1.807) is 0 Å². The van der Waals surface area contributed by atoms with Gasteiger partial charge in [-0.05, 0) is 50.1 Å². The Hall–Kier alpha value is -1.55. The first-order valence-electron chi connectivity index (χ1n) is 8.15. The van der Waals surface area contributed by atoms with E-state index in [0.29, 0.717) is 12.5 Å². The number of nitrogens with one attached hydrogen (secondary N) is 1. The van der Waals surface area contributed by atoms with Gasteiger partial charge < -0.3 is 15.1 Å². The quantitative estimate of drug-likeness (QED) is 0.925. The Kier molecular flexibility index (Phi) is 4.44. The topological polar surface area (TPSA) is 35.6 Å². The number of rotatable bonds is 4. The average molecular weight is 287 g/mol. The van der Waals surface area contributed by atoms with Gasteiger partial charge in [0.15, 0.2) is 0 Å². The molecule has 0 aromatic heterocycles. The summed E-state index contributed by atoms with van der Waals surface area (Å²) >= 11 is 0. The Morgan fingerprint density at radius 2 is 1.86 bits per heavy atom. The Morgan fingerprint density at radius 3 is 2.43 bits per heavy atom. The predicted octanol–water partition coefficient (Wildman–Crippen LogP) is 2.71. The molecule has 2 saturated heterocycles. The molecule has 1 aromatic carbocycles. The van der Waals surface area contributed by atoms with Crippen LogP contribution in [0, 0.1) is 0 Å². The number of likely N-dealkylation sites (tertiary alicyclic amines) is 1. The van der Waals surface area contributed by atoms with E-state index in [4.69, 9.17) is 0 Å². The summed E-state index contributed by atoms with van der Waals surface area (Å²) in [5, 5.41) is 3.62. The molecule has 1 N–H and O–H groups in total. The van der Waals surface area contributed by atoms with Crippen molar-refractivity contribution in [2.24, 2.45) is 0 Å². The Balaban J connectivity index is 1.56. The van der Waals surface area contributed by atoms with Crippen molar-refractivity contribution >= 4 is 17.3 Å². The highest BCUT2D eigenvalue weighted by Crippen LogP contribution is 2.24. The number of benzene rings is 1. The third-order valence-electron chi connectivity index (χ3n) is 4.66. The van der Waals surface area contributed by atoms with Gasteiger partial charge in [0, 0.05) is 43.5 Å². The summed E-state index contributed by atoms with van der Waals surface area (Å²) < 4.78 is 0. The van der Waals surface area contributed by atoms with Crippen LogP contribution in [0.1, 0.15) is 32.6 Å². The highest BCUT2D eigenvalue weighted by molar-refractivity contribution is 5.95. The first-order chi connectivity index (χ1) is 10.3. The SMILES string of the molecule is CCN1CCC(Nc2ccc(N3CCCC3=O)cc2)CC1. The van der Waals surface area contributed by atoms with Crippen molar-refractivity contribution in [3.05, 3.63) is 24.3 Å². The smallest absolute Gasteiger partial charge is 0.227 e. The summed E-state index contributed by atoms with van der Waals surface area (Å²) in [6.45, 7) is 6.63. The number of nitrogens with zero attached hydrogens (tertiary/aromatic N) is 2. The summed E-state index contributed by atoms with van der Waals surface area (Å²) in [7, 11) is 0. The van der Waals surface area contributed by atoms with Gasteiger partial charge in [-0.2, -0.15) is 0 Å². The average Bonchev–Trinajstić information content (AvgIpc) is 2.95. The summed E-state index contributed by atoms with van der Waals surface area (Å²) in [6.07, 6.45) is 4.09. The van der Waals surface area contributed by atoms with Crippen LogP contribution in [0.3, 0.4) is 0 Å². The molecule has 0 unspecified atom stereocenters. The summed E-state index contributed by atoms with van der Waals surface area (Å²) in [6, 6.07) is 8.91. The Morgan fingerprint density at radius 1 is 1.14 bits per heavy atom. The molecule has 1 aromatic rings. The van der Waals surface area contributed by atoms with Crippen LogP contribution in [-0.4, -0.2) is 43.0 Å². The molecule has 2 heterocycles. The molecule has 0 saturated carbocycles. The zero-order chi connectivity index (χ0) is 14.7. The van der Waals surface area contributed by atoms with E-state index in [0.717, 1.165) is 25.2 Å². The lowest BCUT2D eigenvalue weighted by Gasteiger charge is -2.32. The Labute approximate surface area is 127 Å². The summed E-state index contributed by atoms with van der Waals surface area (Å²) in [5.74, 6) is 0.252. The van der Waals surface area contributed by atoms with Gasteiger partial charge in [0.1, 0.15) is 0 Å². The molecule has 3 rings (SSSR count). The lowest BCUT2D eigenvalue weighted by molar-refractivity contribution is -0.117. The monoisotopic (exact) mass is 287 g/mol. The second-order valence-electron chi connectivity index (χ2n) is 6.05. The molecular weight excluding hydrogens is 262 g/mol. The Bertz CT molecular complexity index is 477. The highest BCUT2D eigenvalue weighted by Gasteiger charge is 2.22. The van der Waals surface area contributed by atoms with E-state index in [1.807, 2.05) is 4.90 Å². The molecule has 114 valence electrons. The maximum absolute atomic E-state index is 11.7. The van der Waals surface area contributed by atoms with Crippen LogP contribution >= 0.6 is 0 Å². The molecule has 0 bridgehead atoms. The van der Waals surface area contributed by atoms with Crippen molar-refractivity contribution in [3.63, 3.8) is 0 Å². The van der Waals surface area contributed by atoms with Crippen LogP contribution in [0.4, 0.5) is 11.4 Å². The van der Waals surface area contributed by atoms with Crippen molar-refractivity contribution in [2.75, 3.05) is 36.4 Å². The van der Waals surface area contributed by atoms with Gasteiger partial charge in [0.05, 0.1) is 0 Å². The molecule has 21 heavy (non-hydrogen) atoms. The van der Waals surface area contributed by atoms with Crippen LogP contribution < -0.4 is 10.2 Å². The second-order valence-corrected chi connectivity index (χ2v) is 6.05. The van der Waals surface area contributed by atoms with Gasteiger partial charge in [-0.15, -0.1) is 0 Å². The number of carbonyl (C=O) groups is 1. The maximum Gasteiger partial charge on any atom is 0.227 e. The fraction of sp³-hybridized carbons (Fsp3) is 0.588. The van der Waals surface area contributed by atoms with Gasteiger partial charge in [-0.3, -0.25) is 4.79 Å². The van der Waals surface area contributed by atoms with Gasteiger partial charge >= 0.3 is 0 Å². The molecule has 1 amide bonds. The summed E-state index contributed by atoms with van der Waals surface area (Å²) in [4.78, 5) is 16.1. The fourth-order valence-electron chi connectivity index (χ4n) is 3.29. The molecule has 0 aliphatic carbocycles. The zero-order valence-corrected chi connectivity index (χ0v) is 12.8. The molecule has 2 aliphatic rings. The van der Waals surface area contributed by atoms with Crippen molar-refractivity contribution in [1.82, 2.24) is 4.90 Å². The zero-order valence-electron chi connectivity index (χ0n) is 12.8. The van der Waals surface area contributed by atoms with Crippen molar-refractivity contribution in [1.29, 1.82) is 0 Å². The number of anilines is 2. The van der Waals surface area contributed by atoms with E-state index in [2.05, 4.69) is 41.4 Å². The van der Waals surface area contributed by atoms with E-state index in [9.17, 15) is 4.79 Å². The van der Waals surface area contributed by atoms with Crippen molar-refractivity contribution in [2.45, 2.75) is 38.6 Å². The molecule has 0 spiro atoms. The number of hydrogen-bond acceptors (Lipinski definition) is 3. The molecule has 0 atom stereocenters. The first-order valence-corrected chi connectivity index (χ1v) is 8.15. The lowest BCUT2D eigenvalue weighted by atomic mass is 10.0. The van der Waals surface area contributed by atoms with Gasteiger partial charge in [0.2, 0.25) is 5.91 Å². The van der Waals surface area contributed by atoms with Crippen LogP contribution in [0.5, 0.6) is 0 Å². The van der Waals surface area contributed by atoms with Crippen LogP contribution in [0.15, 0.2) is 24.3 Å². The number of amides is 1. The molecule has 2 fully saturated rings. The second kappa shape index (κ2) is 6.48. The van der Waals surface area contributed by atoms with Gasteiger partial charge in [0.25, 0.3) is 0 Å². The molecule has 0 radical (unpaired) electrons. The maximum atomic E-state index is 11.7. The van der Waals surface area contributed by atoms with Gasteiger partial charge in [-0.1, -0.05) is 6.92 Å². The lowest BCUT2D eigenvalue weighted by Crippen LogP contribution is -2.38. The molecule has 4 heteroatoms. The largest absolute Gasteiger partial charge is 0.382 e. The normalized spacial score (nSPS) is 21.0. The van der Waals surface area contributed by atoms with Crippen molar-refractivity contribution < 1.29 is 4.79 Å². The summed E-state index contributed by atoms with van der Waals surface area (Å²) in [5.41, 5.74) is 2.20. The van der Waals surface area contributed by atoms with Crippen LogP contribution in [0.25, 0.3) is 0 Å². The highest BCUT2D eigenvalue weighted by atomic mass is 16.2. The van der Waals surface area contributed by atoms with Crippen LogP contribution in [-0.2, 0) is 4.79 Å². The van der Waals surface area contributed by atoms with Crippen molar-refractivity contribution in [3.8, 4) is 0 Å². The van der Waals surface area contributed by atoms with Crippen LogP contribution in [0.2, 0.25) is 0 Å². The van der Waals surface area contributed by atoms with E-state index in [-0.39, 0.29) is 5.91 Å². The fourth-order valence-corrected chi connectivity index (χ4v) is 3.29. The minimum Gasteiger partial charge on any atom is -0.382 e. The molecule has 2 aliphatic heterocycles. The van der Waals surface area contributed by atoms with Gasteiger partial charge in [-0.25, -0.2) is 0 Å². The third-order valence-corrected chi connectivity index (χ3v) is 4.66. The van der Waals surface area contributed by atoms with E-state index in [1.165, 1.54) is 31.6 Å². The standard InChI is InChI=1S/C17H25N3O/c1-2-19-12-9-15(10-13-19)18-14-5-7-16(8-6-14)20-11-3-4-17(20)21/h5-8,15,18H,2-4,9-13H2,1H3. The number of piperidine rings is 1. The first kappa shape index (κ1) is 14.4. The minimum absolute atomic E-state index is 0.252. The third kappa shape index (κ3) is 3.38. The number of carbonyl (C=O) groups excluding carboxylic acids is 1. The molecular formula is C17H25N3O. The predicted molar refractivity (Wildman–Crippen MR) is 86.8 cm³/mol. The van der Waals surface area contributed by atoms with E-state index >= 15 is 0 Å². The van der Waals surface area contributed by atoms with E-state index < -0.39 is 0 Å². The number of hydrogen-bond donors (Lipinski definition) is 1. The molecule has 4 nitrogen and oxygen atoms in total.